The van der Waals surface area contributed by atoms with E-state index in [4.69, 9.17) is 0 Å². The van der Waals surface area contributed by atoms with Crippen LogP contribution in [-0.2, 0) is 11.3 Å². The number of amides is 3. The highest BCUT2D eigenvalue weighted by atomic mass is 32.1. The fraction of sp³-hybridized carbons (Fsp3) is 0.400. The normalized spacial score (nSPS) is 15.7. The number of hydrogen-bond acceptors (Lipinski definition) is 8. The van der Waals surface area contributed by atoms with Crippen molar-refractivity contribution in [2.75, 3.05) is 35.7 Å². The van der Waals surface area contributed by atoms with Crippen molar-refractivity contribution in [3.63, 3.8) is 0 Å². The second kappa shape index (κ2) is 13.1. The molecule has 0 bridgehead atoms. The summed E-state index contributed by atoms with van der Waals surface area (Å²) >= 11 is 0.437. The number of hydrogen-bond donors (Lipinski definition) is 2. The summed E-state index contributed by atoms with van der Waals surface area (Å²) in [6.07, 6.45) is -8.35. The third-order valence-electron chi connectivity index (χ3n) is 6.71. The molecule has 1 aliphatic heterocycles. The summed E-state index contributed by atoms with van der Waals surface area (Å²) in [5, 5.41) is 18.5. The van der Waals surface area contributed by atoms with Gasteiger partial charge in [-0.25, -0.2) is 27.2 Å². The van der Waals surface area contributed by atoms with Gasteiger partial charge in [0.2, 0.25) is 0 Å². The summed E-state index contributed by atoms with van der Waals surface area (Å²) in [6.45, 7) is -0.793. The molecule has 0 radical (unpaired) electrons. The molecular weight excluding hydrogens is 627 g/mol. The van der Waals surface area contributed by atoms with Crippen LogP contribution < -0.4 is 20.6 Å². The predicted octanol–water partition coefficient (Wildman–Crippen LogP) is 3.94. The van der Waals surface area contributed by atoms with Crippen LogP contribution in [0.25, 0.3) is 10.6 Å². The van der Waals surface area contributed by atoms with Crippen molar-refractivity contribution >= 4 is 45.8 Å². The number of nitrogens with one attached hydrogen (secondary N) is 2. The molecule has 2 aromatic heterocycles. The molecule has 1 saturated heterocycles. The van der Waals surface area contributed by atoms with Gasteiger partial charge in [-0.2, -0.15) is 18.3 Å². The fourth-order valence-electron chi connectivity index (χ4n) is 4.75. The van der Waals surface area contributed by atoms with Crippen LogP contribution in [-0.4, -0.2) is 76.4 Å². The molecule has 3 aromatic rings. The van der Waals surface area contributed by atoms with Gasteiger partial charge in [-0.15, -0.1) is 0 Å². The average Bonchev–Trinajstić information content (AvgIpc) is 3.41. The van der Waals surface area contributed by atoms with Gasteiger partial charge in [0, 0.05) is 26.2 Å². The van der Waals surface area contributed by atoms with Crippen molar-refractivity contribution in [2.24, 2.45) is 0 Å². The van der Waals surface area contributed by atoms with Crippen LogP contribution in [0.2, 0.25) is 0 Å². The number of alkyl halides is 5. The number of nitrogens with zero attached hydrogens (tertiary/aromatic N) is 5. The molecule has 1 atom stereocenters. The van der Waals surface area contributed by atoms with E-state index >= 15 is 0 Å². The van der Waals surface area contributed by atoms with Crippen LogP contribution in [0.1, 0.15) is 29.8 Å². The minimum absolute atomic E-state index is 0.0111. The minimum Gasteiger partial charge on any atom is -0.530 e. The van der Waals surface area contributed by atoms with Crippen LogP contribution in [0.15, 0.2) is 24.4 Å². The van der Waals surface area contributed by atoms with Crippen molar-refractivity contribution in [3.05, 3.63) is 41.7 Å². The summed E-state index contributed by atoms with van der Waals surface area (Å²) in [4.78, 5) is 42.3. The third-order valence-corrected chi connectivity index (χ3v) is 7.70. The molecule has 0 aliphatic carbocycles. The van der Waals surface area contributed by atoms with Gasteiger partial charge >= 0.3 is 12.1 Å². The molecule has 0 spiro atoms. The molecule has 19 heteroatoms. The van der Waals surface area contributed by atoms with E-state index < -0.39 is 71.0 Å². The average molecular weight is 651 g/mol. The van der Waals surface area contributed by atoms with E-state index in [1.165, 1.54) is 4.90 Å². The Morgan fingerprint density at radius 1 is 1.14 bits per heavy atom. The summed E-state index contributed by atoms with van der Waals surface area (Å²) < 4.78 is 95.4. The minimum atomic E-state index is -5.08. The zero-order valence-electron chi connectivity index (χ0n) is 22.6. The van der Waals surface area contributed by atoms with Gasteiger partial charge in [-0.05, 0) is 31.4 Å². The van der Waals surface area contributed by atoms with E-state index in [0.29, 0.717) is 16.2 Å². The smallest absolute Gasteiger partial charge is 0.471 e. The maximum atomic E-state index is 14.4. The van der Waals surface area contributed by atoms with E-state index in [1.54, 1.807) is 0 Å². The lowest BCUT2D eigenvalue weighted by Gasteiger charge is -2.28. The van der Waals surface area contributed by atoms with E-state index in [1.807, 2.05) is 5.32 Å². The summed E-state index contributed by atoms with van der Waals surface area (Å²) in [6, 6.07) is 2.13. The number of thiazole rings is 1. The fourth-order valence-corrected chi connectivity index (χ4v) is 5.75. The van der Waals surface area contributed by atoms with Gasteiger partial charge in [0.05, 0.1) is 11.8 Å². The Bertz CT molecular complexity index is 1520. The van der Waals surface area contributed by atoms with Gasteiger partial charge in [-0.3, -0.25) is 9.59 Å². The molecular formula is C25H23F7N7O4S-. The molecule has 3 heterocycles. The van der Waals surface area contributed by atoms with Gasteiger partial charge in [0.1, 0.15) is 40.0 Å². The first-order valence-corrected chi connectivity index (χ1v) is 13.7. The Kier molecular flexibility index (Phi) is 9.65. The lowest BCUT2D eigenvalue weighted by molar-refractivity contribution is -0.242. The quantitative estimate of drug-likeness (QED) is 0.353. The van der Waals surface area contributed by atoms with Gasteiger partial charge in [0.15, 0.2) is 11.5 Å². The predicted molar refractivity (Wildman–Crippen MR) is 141 cm³/mol. The molecule has 4 rings (SSSR count). The van der Waals surface area contributed by atoms with Crippen LogP contribution in [0.5, 0.6) is 0 Å². The second-order valence-corrected chi connectivity index (χ2v) is 10.6. The highest BCUT2D eigenvalue weighted by Crippen LogP contribution is 2.36. The van der Waals surface area contributed by atoms with E-state index in [0.717, 1.165) is 36.1 Å². The first kappa shape index (κ1) is 32.5. The maximum absolute atomic E-state index is 14.4. The van der Waals surface area contributed by atoms with Gasteiger partial charge < -0.3 is 30.3 Å². The number of carbonyl (C=O) groups excluding carboxylic acids is 3. The lowest BCUT2D eigenvalue weighted by Crippen LogP contribution is -2.45. The molecule has 3 amide bonds. The Balaban J connectivity index is 1.64. The van der Waals surface area contributed by atoms with Crippen molar-refractivity contribution < 1.29 is 50.2 Å². The number of rotatable bonds is 8. The summed E-state index contributed by atoms with van der Waals surface area (Å²) in [5.74, 6) is -5.24. The number of carboxylic acid groups (broad SMARTS) is 1. The first-order chi connectivity index (χ1) is 20.7. The summed E-state index contributed by atoms with van der Waals surface area (Å²) in [5.41, 5.74) is -1.39. The molecule has 1 aliphatic rings. The molecule has 1 aromatic carbocycles. The number of carbonyl (C=O) groups is 3. The Morgan fingerprint density at radius 3 is 2.43 bits per heavy atom. The number of halogens is 7. The van der Waals surface area contributed by atoms with E-state index in [2.05, 4.69) is 15.4 Å². The number of aromatic nitrogens is 3. The standard InChI is InChI=1S/C25H24F7N7O4S/c1-37(23(41)25(30,31)32)12-4-3-8-38(9-7-12)22-15(10-33-39(22)11-16(28)29)34-19(40)18-21(36-24(42)43)44-20(35-18)17-13(26)5-2-6-14(17)27/h2,5-6,10,12,16,36H,3-4,7-9,11H2,1H3,(H,34,40)(H,42,43)/p-1. The Labute approximate surface area is 248 Å². The topological polar surface area (TPSA) is 136 Å². The molecule has 11 nitrogen and oxygen atoms in total. The molecule has 238 valence electrons. The molecule has 2 N–H and O–H groups in total. The SMILES string of the molecule is CN(C(=O)C(F)(F)F)C1CCCN(c2c(NC(=O)c3nc(-c4c(F)cccc4F)sc3NC(=O)[O-])cnn2CC(F)F)CC1. The zero-order valence-corrected chi connectivity index (χ0v) is 23.4. The van der Waals surface area contributed by atoms with Crippen molar-refractivity contribution in [3.8, 4) is 10.6 Å². The van der Waals surface area contributed by atoms with Crippen LogP contribution in [0, 0.1) is 11.6 Å². The van der Waals surface area contributed by atoms with Gasteiger partial charge in [-0.1, -0.05) is 17.4 Å². The van der Waals surface area contributed by atoms with Crippen molar-refractivity contribution in [1.82, 2.24) is 19.7 Å². The monoisotopic (exact) mass is 650 g/mol. The van der Waals surface area contributed by atoms with Crippen LogP contribution >= 0.6 is 11.3 Å². The van der Waals surface area contributed by atoms with Gasteiger partial charge in [0.25, 0.3) is 12.3 Å². The molecule has 1 fully saturated rings. The maximum Gasteiger partial charge on any atom is 0.471 e. The second-order valence-electron chi connectivity index (χ2n) is 9.60. The lowest BCUT2D eigenvalue weighted by atomic mass is 10.1. The van der Waals surface area contributed by atoms with E-state index in [9.17, 15) is 50.2 Å². The van der Waals surface area contributed by atoms with Crippen LogP contribution in [0.3, 0.4) is 0 Å². The number of benzene rings is 1. The highest BCUT2D eigenvalue weighted by molar-refractivity contribution is 7.19. The molecule has 44 heavy (non-hydrogen) atoms. The van der Waals surface area contributed by atoms with Crippen molar-refractivity contribution in [2.45, 2.75) is 44.5 Å². The molecule has 1 unspecified atom stereocenters. The zero-order chi connectivity index (χ0) is 32.3. The van der Waals surface area contributed by atoms with Crippen molar-refractivity contribution in [1.29, 1.82) is 0 Å². The highest BCUT2D eigenvalue weighted by Gasteiger charge is 2.43. The molecule has 0 saturated carbocycles. The first-order valence-electron chi connectivity index (χ1n) is 12.8. The largest absolute Gasteiger partial charge is 0.530 e. The Hall–Kier alpha value is -4.42. The Morgan fingerprint density at radius 2 is 1.82 bits per heavy atom. The van der Waals surface area contributed by atoms with Crippen LogP contribution in [0.4, 0.5) is 52.0 Å². The summed E-state index contributed by atoms with van der Waals surface area (Å²) in [7, 11) is 1.02. The third kappa shape index (κ3) is 7.20. The number of anilines is 3. The van der Waals surface area contributed by atoms with E-state index in [-0.39, 0.29) is 48.9 Å².